The van der Waals surface area contributed by atoms with Crippen LogP contribution in [0.2, 0.25) is 5.35 Å². The Morgan fingerprint density at radius 2 is 2.27 bits per heavy atom. The van der Waals surface area contributed by atoms with Crippen LogP contribution in [-0.2, 0) is 0 Å². The van der Waals surface area contributed by atoms with Crippen molar-refractivity contribution in [1.29, 1.82) is 0 Å². The van der Waals surface area contributed by atoms with Crippen molar-refractivity contribution < 1.29 is 4.42 Å². The minimum absolute atomic E-state index is 0.196. The predicted molar refractivity (Wildman–Crippen MR) is 51.7 cm³/mol. The van der Waals surface area contributed by atoms with Gasteiger partial charge in [-0.3, -0.25) is 0 Å². The van der Waals surface area contributed by atoms with Gasteiger partial charge in [0.15, 0.2) is 5.58 Å². The summed E-state index contributed by atoms with van der Waals surface area (Å²) in [6.45, 7) is 0. The quantitative estimate of drug-likeness (QED) is 0.693. The Kier molecular flexibility index (Phi) is 1.77. The first-order valence-corrected chi connectivity index (χ1v) is 4.43. The summed E-state index contributed by atoms with van der Waals surface area (Å²) in [5.41, 5.74) is 1.54. The molecule has 56 valence electrons. The SMILES string of the molecule is Clc1nc2ccc(I)cc2o1. The van der Waals surface area contributed by atoms with E-state index in [1.165, 1.54) is 0 Å². The molecule has 2 aromatic rings. The zero-order valence-electron chi connectivity index (χ0n) is 5.34. The van der Waals surface area contributed by atoms with Gasteiger partial charge in [-0.25, -0.2) is 0 Å². The predicted octanol–water partition coefficient (Wildman–Crippen LogP) is 3.09. The highest BCUT2D eigenvalue weighted by Crippen LogP contribution is 2.20. The molecular formula is C7H3ClINO. The summed E-state index contributed by atoms with van der Waals surface area (Å²) in [5, 5.41) is 0.196. The summed E-state index contributed by atoms with van der Waals surface area (Å²) in [5.74, 6) is 0. The molecule has 0 aliphatic rings. The molecular weight excluding hydrogens is 276 g/mol. The van der Waals surface area contributed by atoms with Gasteiger partial charge in [-0.2, -0.15) is 4.98 Å². The number of oxazole rings is 1. The molecule has 11 heavy (non-hydrogen) atoms. The van der Waals surface area contributed by atoms with Crippen molar-refractivity contribution in [3.05, 3.63) is 27.1 Å². The maximum Gasteiger partial charge on any atom is 0.293 e. The van der Waals surface area contributed by atoms with E-state index in [4.69, 9.17) is 16.0 Å². The first-order valence-electron chi connectivity index (χ1n) is 2.97. The lowest BCUT2D eigenvalue weighted by atomic mass is 10.3. The minimum Gasteiger partial charge on any atom is -0.428 e. The van der Waals surface area contributed by atoms with E-state index in [1.54, 1.807) is 0 Å². The lowest BCUT2D eigenvalue weighted by Gasteiger charge is -1.85. The van der Waals surface area contributed by atoms with E-state index < -0.39 is 0 Å². The summed E-state index contributed by atoms with van der Waals surface area (Å²) in [6, 6.07) is 5.74. The highest BCUT2D eigenvalue weighted by Gasteiger charge is 2.01. The summed E-state index contributed by atoms with van der Waals surface area (Å²) < 4.78 is 6.21. The van der Waals surface area contributed by atoms with Gasteiger partial charge in [0.05, 0.1) is 0 Å². The van der Waals surface area contributed by atoms with Gasteiger partial charge in [0.25, 0.3) is 5.35 Å². The van der Waals surface area contributed by atoms with E-state index in [0.29, 0.717) is 0 Å². The molecule has 0 fully saturated rings. The van der Waals surface area contributed by atoms with Crippen LogP contribution in [0.1, 0.15) is 0 Å². The van der Waals surface area contributed by atoms with Crippen molar-refractivity contribution in [3.8, 4) is 0 Å². The zero-order chi connectivity index (χ0) is 7.84. The molecule has 2 rings (SSSR count). The van der Waals surface area contributed by atoms with E-state index in [2.05, 4.69) is 27.6 Å². The van der Waals surface area contributed by atoms with E-state index in [1.807, 2.05) is 18.2 Å². The van der Waals surface area contributed by atoms with Gasteiger partial charge < -0.3 is 4.42 Å². The van der Waals surface area contributed by atoms with E-state index >= 15 is 0 Å². The van der Waals surface area contributed by atoms with Gasteiger partial charge in [0.1, 0.15) is 5.52 Å². The summed E-state index contributed by atoms with van der Waals surface area (Å²) >= 11 is 7.76. The molecule has 0 aliphatic carbocycles. The van der Waals surface area contributed by atoms with Gasteiger partial charge in [-0.05, 0) is 52.4 Å². The van der Waals surface area contributed by atoms with Crippen molar-refractivity contribution in [1.82, 2.24) is 4.98 Å². The van der Waals surface area contributed by atoms with Crippen molar-refractivity contribution in [2.45, 2.75) is 0 Å². The number of aromatic nitrogens is 1. The molecule has 0 radical (unpaired) electrons. The van der Waals surface area contributed by atoms with Gasteiger partial charge in [-0.1, -0.05) is 0 Å². The van der Waals surface area contributed by atoms with Gasteiger partial charge in [0, 0.05) is 3.57 Å². The topological polar surface area (TPSA) is 26.0 Å². The van der Waals surface area contributed by atoms with Crippen LogP contribution in [0.15, 0.2) is 22.6 Å². The number of rotatable bonds is 0. The molecule has 0 bridgehead atoms. The third-order valence-electron chi connectivity index (χ3n) is 1.32. The van der Waals surface area contributed by atoms with Crippen LogP contribution in [0.3, 0.4) is 0 Å². The molecule has 2 nitrogen and oxygen atoms in total. The first-order chi connectivity index (χ1) is 5.25. The molecule has 1 heterocycles. The molecule has 0 N–H and O–H groups in total. The monoisotopic (exact) mass is 279 g/mol. The molecule has 0 saturated heterocycles. The Morgan fingerprint density at radius 3 is 3.09 bits per heavy atom. The Labute approximate surface area is 81.7 Å². The molecule has 0 unspecified atom stereocenters. The molecule has 1 aromatic carbocycles. The normalized spacial score (nSPS) is 10.7. The molecule has 4 heteroatoms. The average Bonchev–Trinajstić information content (AvgIpc) is 2.27. The van der Waals surface area contributed by atoms with Crippen LogP contribution in [0.4, 0.5) is 0 Å². The van der Waals surface area contributed by atoms with Crippen molar-refractivity contribution in [2.75, 3.05) is 0 Å². The van der Waals surface area contributed by atoms with Crippen LogP contribution >= 0.6 is 34.2 Å². The zero-order valence-corrected chi connectivity index (χ0v) is 8.26. The number of fused-ring (bicyclic) bond motifs is 1. The van der Waals surface area contributed by atoms with E-state index in [9.17, 15) is 0 Å². The molecule has 1 aromatic heterocycles. The van der Waals surface area contributed by atoms with Crippen LogP contribution < -0.4 is 0 Å². The Balaban J connectivity index is 2.82. The van der Waals surface area contributed by atoms with Crippen LogP contribution in [0.5, 0.6) is 0 Å². The number of hydrogen-bond acceptors (Lipinski definition) is 2. The number of hydrogen-bond donors (Lipinski definition) is 0. The fourth-order valence-corrected chi connectivity index (χ4v) is 1.51. The lowest BCUT2D eigenvalue weighted by molar-refractivity contribution is 0.604. The Morgan fingerprint density at radius 1 is 1.45 bits per heavy atom. The van der Waals surface area contributed by atoms with Crippen molar-refractivity contribution in [2.24, 2.45) is 0 Å². The van der Waals surface area contributed by atoms with E-state index in [-0.39, 0.29) is 5.35 Å². The molecule has 0 saturated carbocycles. The number of halogens is 2. The lowest BCUT2D eigenvalue weighted by Crippen LogP contribution is -1.69. The minimum atomic E-state index is 0.196. The maximum absolute atomic E-state index is 5.56. The number of benzene rings is 1. The number of nitrogens with zero attached hydrogens (tertiary/aromatic N) is 1. The van der Waals surface area contributed by atoms with Crippen molar-refractivity contribution >= 4 is 45.3 Å². The highest BCUT2D eigenvalue weighted by atomic mass is 127. The molecule has 0 aliphatic heterocycles. The average molecular weight is 279 g/mol. The smallest absolute Gasteiger partial charge is 0.293 e. The van der Waals surface area contributed by atoms with Crippen LogP contribution in [0.25, 0.3) is 11.1 Å². The second-order valence-electron chi connectivity index (χ2n) is 2.08. The summed E-state index contributed by atoms with van der Waals surface area (Å²) in [4.78, 5) is 3.95. The Hall–Kier alpha value is -0.290. The second-order valence-corrected chi connectivity index (χ2v) is 3.65. The van der Waals surface area contributed by atoms with E-state index in [0.717, 1.165) is 14.7 Å². The van der Waals surface area contributed by atoms with Gasteiger partial charge >= 0.3 is 0 Å². The largest absolute Gasteiger partial charge is 0.428 e. The van der Waals surface area contributed by atoms with Crippen LogP contribution in [-0.4, -0.2) is 4.98 Å². The molecule has 0 amide bonds. The molecule has 0 atom stereocenters. The summed E-state index contributed by atoms with van der Waals surface area (Å²) in [6.07, 6.45) is 0. The first kappa shape index (κ1) is 7.36. The van der Waals surface area contributed by atoms with Crippen molar-refractivity contribution in [3.63, 3.8) is 0 Å². The van der Waals surface area contributed by atoms with Gasteiger partial charge in [0.2, 0.25) is 0 Å². The van der Waals surface area contributed by atoms with Gasteiger partial charge in [-0.15, -0.1) is 0 Å². The molecule has 0 spiro atoms. The van der Waals surface area contributed by atoms with Crippen LogP contribution in [0, 0.1) is 3.57 Å². The maximum atomic E-state index is 5.56. The summed E-state index contributed by atoms with van der Waals surface area (Å²) in [7, 11) is 0. The second kappa shape index (κ2) is 2.64. The third-order valence-corrected chi connectivity index (χ3v) is 2.16. The third kappa shape index (κ3) is 1.35. The standard InChI is InChI=1S/C7H3ClINO/c8-7-10-5-2-1-4(9)3-6(5)11-7/h1-3H. The Bertz CT molecular complexity index is 398. The highest BCUT2D eigenvalue weighted by molar-refractivity contribution is 14.1. The fraction of sp³-hybridized carbons (Fsp3) is 0. The fourth-order valence-electron chi connectivity index (χ4n) is 0.870.